The first-order valence-corrected chi connectivity index (χ1v) is 13.4. The molecule has 0 aliphatic heterocycles. The maximum Gasteiger partial charge on any atom is 0.324 e. The highest BCUT2D eigenvalue weighted by Gasteiger charge is 2.27. The molecule has 1 atom stereocenters. The third-order valence-electron chi connectivity index (χ3n) is 6.57. The van der Waals surface area contributed by atoms with E-state index < -0.39 is 18.0 Å². The molecule has 12 heteroatoms. The van der Waals surface area contributed by atoms with Crippen LogP contribution in [0, 0.1) is 0 Å². The number of aromatic amines is 1. The van der Waals surface area contributed by atoms with Gasteiger partial charge >= 0.3 is 11.9 Å². The number of aliphatic carboxylic acids is 1. The van der Waals surface area contributed by atoms with Gasteiger partial charge in [0.05, 0.1) is 12.1 Å². The van der Waals surface area contributed by atoms with E-state index in [-0.39, 0.29) is 18.2 Å². The van der Waals surface area contributed by atoms with Crippen molar-refractivity contribution in [2.45, 2.75) is 51.8 Å². The average molecular weight is 566 g/mol. The summed E-state index contributed by atoms with van der Waals surface area (Å²) in [7, 11) is 3.27. The number of carboxylic acids is 1. The molecule has 0 radical (unpaired) electrons. The molecular weight excluding hydrogens is 534 g/mol. The summed E-state index contributed by atoms with van der Waals surface area (Å²) in [6.45, 7) is 2.37. The van der Waals surface area contributed by atoms with Crippen molar-refractivity contribution in [1.82, 2.24) is 35.1 Å². The number of H-pyrrole nitrogens is 1. The summed E-state index contributed by atoms with van der Waals surface area (Å²) in [6, 6.07) is 15.1. The number of halogens is 1. The molecule has 0 aliphatic rings. The van der Waals surface area contributed by atoms with Crippen LogP contribution in [0.1, 0.15) is 43.3 Å². The number of likely N-dealkylation sites (N-methyl/N-ethyl adjacent to an activating group) is 1. The predicted octanol–water partition coefficient (Wildman–Crippen LogP) is 4.22. The van der Waals surface area contributed by atoms with E-state index in [0.29, 0.717) is 24.5 Å². The zero-order valence-corrected chi connectivity index (χ0v) is 23.4. The Hall–Kier alpha value is -4.09. The van der Waals surface area contributed by atoms with Crippen LogP contribution in [0.15, 0.2) is 48.5 Å². The van der Waals surface area contributed by atoms with Crippen molar-refractivity contribution in [2.24, 2.45) is 0 Å². The van der Waals surface area contributed by atoms with E-state index in [1.165, 1.54) is 4.90 Å². The van der Waals surface area contributed by atoms with E-state index >= 15 is 0 Å². The highest BCUT2D eigenvalue weighted by molar-refractivity contribution is 6.30. The van der Waals surface area contributed by atoms with Crippen molar-refractivity contribution in [2.75, 3.05) is 14.1 Å². The van der Waals surface area contributed by atoms with Crippen molar-refractivity contribution >= 4 is 23.5 Å². The van der Waals surface area contributed by atoms with Gasteiger partial charge in [-0.25, -0.2) is 4.98 Å². The molecule has 0 fully saturated rings. The van der Waals surface area contributed by atoms with E-state index in [0.717, 1.165) is 40.9 Å². The molecule has 0 unspecified atom stereocenters. The van der Waals surface area contributed by atoms with E-state index in [9.17, 15) is 14.7 Å². The zero-order chi connectivity index (χ0) is 28.6. The van der Waals surface area contributed by atoms with Crippen molar-refractivity contribution in [3.8, 4) is 22.5 Å². The second-order valence-electron chi connectivity index (χ2n) is 9.62. The first-order valence-electron chi connectivity index (χ1n) is 13.0. The van der Waals surface area contributed by atoms with Crippen LogP contribution in [0.3, 0.4) is 0 Å². The van der Waals surface area contributed by atoms with Gasteiger partial charge < -0.3 is 14.4 Å². The molecule has 0 saturated heterocycles. The zero-order valence-electron chi connectivity index (χ0n) is 22.7. The van der Waals surface area contributed by atoms with Gasteiger partial charge in [0, 0.05) is 18.5 Å². The molecule has 4 aromatic rings. The Morgan fingerprint density at radius 3 is 2.58 bits per heavy atom. The second kappa shape index (κ2) is 13.3. The SMILES string of the molecule is CCCCc1nc(Cl)c(COC(=O)[C@@H](CC(=O)O)N(C)C)n1Cc1ccc(-c2ccccc2)c(-c2nn[nH]n2)c1. The minimum atomic E-state index is -1.09. The van der Waals surface area contributed by atoms with Crippen molar-refractivity contribution in [3.63, 3.8) is 0 Å². The summed E-state index contributed by atoms with van der Waals surface area (Å²) < 4.78 is 7.53. The van der Waals surface area contributed by atoms with Crippen LogP contribution < -0.4 is 0 Å². The van der Waals surface area contributed by atoms with Crippen molar-refractivity contribution in [1.29, 1.82) is 0 Å². The van der Waals surface area contributed by atoms with E-state index in [1.54, 1.807) is 14.1 Å². The Labute approximate surface area is 237 Å². The fourth-order valence-electron chi connectivity index (χ4n) is 4.44. The Morgan fingerprint density at radius 1 is 1.15 bits per heavy atom. The molecule has 0 bridgehead atoms. The molecule has 210 valence electrons. The largest absolute Gasteiger partial charge is 0.481 e. The van der Waals surface area contributed by atoms with E-state index in [1.807, 2.05) is 53.1 Å². The van der Waals surface area contributed by atoms with Gasteiger partial charge in [-0.15, -0.1) is 10.2 Å². The van der Waals surface area contributed by atoms with Gasteiger partial charge in [-0.05, 0) is 48.5 Å². The van der Waals surface area contributed by atoms with Crippen LogP contribution in [-0.4, -0.2) is 72.3 Å². The highest BCUT2D eigenvalue weighted by atomic mass is 35.5. The van der Waals surface area contributed by atoms with Gasteiger partial charge in [0.25, 0.3) is 0 Å². The predicted molar refractivity (Wildman–Crippen MR) is 150 cm³/mol. The van der Waals surface area contributed by atoms with Crippen LogP contribution in [0.5, 0.6) is 0 Å². The fourth-order valence-corrected chi connectivity index (χ4v) is 4.69. The lowest BCUT2D eigenvalue weighted by Gasteiger charge is -2.21. The van der Waals surface area contributed by atoms with Gasteiger partial charge in [-0.3, -0.25) is 14.5 Å². The molecule has 2 aromatic heterocycles. The number of hydrogen-bond donors (Lipinski definition) is 2. The van der Waals surface area contributed by atoms with Gasteiger partial charge in [0.1, 0.15) is 18.5 Å². The first kappa shape index (κ1) is 28.9. The minimum absolute atomic E-state index is 0.138. The lowest BCUT2D eigenvalue weighted by molar-refractivity contribution is -0.154. The standard InChI is InChI=1S/C28H32ClN7O4/c1-4-5-11-24-30-26(29)23(17-40-28(39)22(35(2)3)15-25(37)38)36(24)16-18-12-13-20(19-9-7-6-8-10-19)21(14-18)27-31-33-34-32-27/h6-10,12-14,22H,4-5,11,15-17H2,1-3H3,(H,37,38)(H,31,32,33,34)/t22-/m1/s1. The summed E-state index contributed by atoms with van der Waals surface area (Å²) in [5, 5.41) is 24.1. The number of carbonyl (C=O) groups excluding carboxylic acids is 1. The maximum absolute atomic E-state index is 12.8. The molecule has 2 aromatic carbocycles. The average Bonchev–Trinajstić information content (AvgIpc) is 3.58. The van der Waals surface area contributed by atoms with Gasteiger partial charge in [-0.1, -0.05) is 67.4 Å². The molecule has 4 rings (SSSR count). The first-order chi connectivity index (χ1) is 19.3. The molecule has 0 aliphatic carbocycles. The summed E-state index contributed by atoms with van der Waals surface area (Å²) >= 11 is 6.56. The molecule has 0 spiro atoms. The number of hydrogen-bond acceptors (Lipinski definition) is 8. The third-order valence-corrected chi connectivity index (χ3v) is 6.87. The van der Waals surface area contributed by atoms with Gasteiger partial charge in [0.15, 0.2) is 5.15 Å². The van der Waals surface area contributed by atoms with Crippen LogP contribution in [0.25, 0.3) is 22.5 Å². The summed E-state index contributed by atoms with van der Waals surface area (Å²) in [4.78, 5) is 30.1. The number of nitrogens with one attached hydrogen (secondary N) is 1. The number of ether oxygens (including phenoxy) is 1. The number of carboxylic acid groups (broad SMARTS) is 1. The number of aryl methyl sites for hydroxylation is 1. The number of rotatable bonds is 13. The van der Waals surface area contributed by atoms with Crippen LogP contribution in [0.4, 0.5) is 0 Å². The lowest BCUT2D eigenvalue weighted by Crippen LogP contribution is -2.39. The Bertz CT molecular complexity index is 1440. The van der Waals surface area contributed by atoms with Crippen molar-refractivity contribution < 1.29 is 19.4 Å². The fraction of sp³-hybridized carbons (Fsp3) is 0.357. The summed E-state index contributed by atoms with van der Waals surface area (Å²) in [5.74, 6) is -0.478. The number of imidazole rings is 1. The van der Waals surface area contributed by atoms with Crippen LogP contribution in [-0.2, 0) is 33.9 Å². The lowest BCUT2D eigenvalue weighted by atomic mass is 9.97. The summed E-state index contributed by atoms with van der Waals surface area (Å²) in [5.41, 5.74) is 4.28. The van der Waals surface area contributed by atoms with Gasteiger partial charge in [0.2, 0.25) is 5.82 Å². The van der Waals surface area contributed by atoms with E-state index in [2.05, 4.69) is 32.5 Å². The maximum atomic E-state index is 12.8. The third kappa shape index (κ3) is 6.91. The number of benzene rings is 2. The minimum Gasteiger partial charge on any atom is -0.481 e. The number of tetrazole rings is 1. The summed E-state index contributed by atoms with van der Waals surface area (Å²) in [6.07, 6.45) is 2.22. The molecule has 11 nitrogen and oxygen atoms in total. The molecule has 40 heavy (non-hydrogen) atoms. The highest BCUT2D eigenvalue weighted by Crippen LogP contribution is 2.32. The van der Waals surface area contributed by atoms with Crippen LogP contribution in [0.2, 0.25) is 5.15 Å². The number of carbonyl (C=O) groups is 2. The van der Waals surface area contributed by atoms with Gasteiger partial charge in [-0.2, -0.15) is 5.21 Å². The Balaban J connectivity index is 1.67. The second-order valence-corrected chi connectivity index (χ2v) is 9.98. The molecule has 0 saturated carbocycles. The van der Waals surface area contributed by atoms with Crippen molar-refractivity contribution in [3.05, 3.63) is 70.8 Å². The number of nitrogens with zero attached hydrogens (tertiary/aromatic N) is 6. The normalized spacial score (nSPS) is 12.0. The topological polar surface area (TPSA) is 139 Å². The Kier molecular flexibility index (Phi) is 9.62. The quantitative estimate of drug-likeness (QED) is 0.228. The molecule has 0 amide bonds. The number of aromatic nitrogens is 6. The molecule has 2 N–H and O–H groups in total. The monoisotopic (exact) mass is 565 g/mol. The Morgan fingerprint density at radius 2 is 1.93 bits per heavy atom. The van der Waals surface area contributed by atoms with Crippen LogP contribution >= 0.6 is 11.6 Å². The van der Waals surface area contributed by atoms with E-state index in [4.69, 9.17) is 16.3 Å². The number of esters is 1. The molecular formula is C28H32ClN7O4. The number of unbranched alkanes of at least 4 members (excludes halogenated alkanes) is 1. The molecule has 2 heterocycles. The smallest absolute Gasteiger partial charge is 0.324 e.